The number of ketones is 1. The Morgan fingerprint density at radius 2 is 1.84 bits per heavy atom. The van der Waals surface area contributed by atoms with Crippen LogP contribution < -0.4 is 15.4 Å². The van der Waals surface area contributed by atoms with Crippen LogP contribution in [0.3, 0.4) is 0 Å². The molecule has 1 fully saturated rings. The van der Waals surface area contributed by atoms with Crippen LogP contribution in [0.4, 0.5) is 4.79 Å². The van der Waals surface area contributed by atoms with Crippen LogP contribution in [-0.4, -0.2) is 48.1 Å². The number of alkyl carbamates (subject to hydrolysis) is 1. The molecular formula is C30H39N3O5. The molecule has 1 heterocycles. The van der Waals surface area contributed by atoms with Crippen LogP contribution in [0.25, 0.3) is 0 Å². The molecule has 1 aliphatic heterocycles. The van der Waals surface area contributed by atoms with Gasteiger partial charge in [0.25, 0.3) is 0 Å². The number of rotatable bonds is 8. The Bertz CT molecular complexity index is 1160. The van der Waals surface area contributed by atoms with Gasteiger partial charge in [-0.25, -0.2) is 4.79 Å². The minimum absolute atomic E-state index is 0.0571. The number of aryl methyl sites for hydroxylation is 1. The van der Waals surface area contributed by atoms with Gasteiger partial charge in [-0.05, 0) is 88.6 Å². The largest absolute Gasteiger partial charge is 0.487 e. The summed E-state index contributed by atoms with van der Waals surface area (Å²) in [4.78, 5) is 24.4. The lowest BCUT2D eigenvalue weighted by Gasteiger charge is -2.39. The number of ether oxygens (including phenoxy) is 3. The van der Waals surface area contributed by atoms with Gasteiger partial charge in [-0.15, -0.1) is 0 Å². The molecule has 0 unspecified atom stereocenters. The van der Waals surface area contributed by atoms with Gasteiger partial charge in [-0.1, -0.05) is 30.3 Å². The van der Waals surface area contributed by atoms with Crippen LogP contribution in [0.1, 0.15) is 69.6 Å². The lowest BCUT2D eigenvalue weighted by Crippen LogP contribution is -2.52. The summed E-state index contributed by atoms with van der Waals surface area (Å²) >= 11 is 0. The number of amides is 1. The zero-order chi connectivity index (χ0) is 27.3. The molecule has 0 spiro atoms. The van der Waals surface area contributed by atoms with E-state index in [0.717, 1.165) is 54.5 Å². The van der Waals surface area contributed by atoms with Crippen molar-refractivity contribution in [2.45, 2.75) is 89.2 Å². The van der Waals surface area contributed by atoms with Gasteiger partial charge in [0.05, 0.1) is 0 Å². The minimum Gasteiger partial charge on any atom is -0.487 e. The average molecular weight is 522 g/mol. The molecule has 2 aromatic carbocycles. The normalized spacial score (nSPS) is 24.2. The second-order valence-corrected chi connectivity index (χ2v) is 10.9. The summed E-state index contributed by atoms with van der Waals surface area (Å²) < 4.78 is 17.0. The predicted molar refractivity (Wildman–Crippen MR) is 146 cm³/mol. The maximum atomic E-state index is 12.2. The summed E-state index contributed by atoms with van der Waals surface area (Å²) in [5.74, 6) is 1.05. The molecule has 1 amide bonds. The second-order valence-electron chi connectivity index (χ2n) is 10.9. The van der Waals surface area contributed by atoms with E-state index in [1.54, 1.807) is 6.92 Å². The van der Waals surface area contributed by atoms with Crippen LogP contribution >= 0.6 is 0 Å². The lowest BCUT2D eigenvalue weighted by molar-refractivity contribution is -0.149. The number of amidine groups is 1. The highest BCUT2D eigenvalue weighted by atomic mass is 16.6. The number of carbonyl (C=O) groups is 2. The molecule has 0 radical (unpaired) electrons. The monoisotopic (exact) mass is 521 g/mol. The van der Waals surface area contributed by atoms with Gasteiger partial charge in [0.1, 0.15) is 24.3 Å². The summed E-state index contributed by atoms with van der Waals surface area (Å²) in [7, 11) is 1.54. The van der Waals surface area contributed by atoms with E-state index in [9.17, 15) is 9.59 Å². The summed E-state index contributed by atoms with van der Waals surface area (Å²) in [6, 6.07) is 15.5. The minimum atomic E-state index is -0.981. The van der Waals surface area contributed by atoms with E-state index in [2.05, 4.69) is 17.6 Å². The van der Waals surface area contributed by atoms with Gasteiger partial charge in [0.15, 0.2) is 11.4 Å². The van der Waals surface area contributed by atoms with Crippen molar-refractivity contribution in [1.29, 1.82) is 5.41 Å². The molecule has 2 atom stereocenters. The molecule has 2 aliphatic rings. The maximum Gasteiger partial charge on any atom is 0.407 e. The molecular weight excluding hydrogens is 482 g/mol. The number of benzene rings is 2. The average Bonchev–Trinajstić information content (AvgIpc) is 2.92. The summed E-state index contributed by atoms with van der Waals surface area (Å²) in [5.41, 5.74) is 1.57. The molecule has 0 aromatic heterocycles. The number of Topliss-reactive ketones (excluding diaryl/α,β-unsaturated/α-hetero) is 1. The van der Waals surface area contributed by atoms with E-state index >= 15 is 0 Å². The number of methoxy groups -OCH3 is 1. The number of fused-ring (bicyclic) bond motifs is 1. The first-order chi connectivity index (χ1) is 18.1. The fourth-order valence-electron chi connectivity index (χ4n) is 5.26. The second kappa shape index (κ2) is 11.6. The van der Waals surface area contributed by atoms with E-state index in [4.69, 9.17) is 19.6 Å². The fraction of sp³-hybridized carbons (Fsp3) is 0.500. The highest BCUT2D eigenvalue weighted by Crippen LogP contribution is 2.34. The van der Waals surface area contributed by atoms with Gasteiger partial charge >= 0.3 is 6.09 Å². The van der Waals surface area contributed by atoms with Crippen LogP contribution in [0.15, 0.2) is 48.5 Å². The first-order valence-corrected chi connectivity index (χ1v) is 13.3. The summed E-state index contributed by atoms with van der Waals surface area (Å²) in [5, 5.41) is 15.1. The van der Waals surface area contributed by atoms with E-state index in [0.29, 0.717) is 12.3 Å². The molecule has 1 saturated carbocycles. The number of hydrogen-bond acceptors (Lipinski definition) is 6. The van der Waals surface area contributed by atoms with Crippen LogP contribution in [0.2, 0.25) is 0 Å². The van der Waals surface area contributed by atoms with Gasteiger partial charge in [0, 0.05) is 24.3 Å². The van der Waals surface area contributed by atoms with E-state index in [-0.39, 0.29) is 30.1 Å². The van der Waals surface area contributed by atoms with Crippen LogP contribution in [-0.2, 0) is 27.3 Å². The van der Waals surface area contributed by atoms with E-state index < -0.39 is 11.7 Å². The highest BCUT2D eigenvalue weighted by molar-refractivity contribution is 5.97. The molecule has 4 rings (SSSR count). The Morgan fingerprint density at radius 1 is 1.13 bits per heavy atom. The van der Waals surface area contributed by atoms with Crippen LogP contribution in [0, 0.1) is 5.41 Å². The Labute approximate surface area is 224 Å². The van der Waals surface area contributed by atoms with E-state index in [1.165, 1.54) is 14.0 Å². The zero-order valence-corrected chi connectivity index (χ0v) is 22.8. The number of hydrogen-bond donors (Lipinski definition) is 3. The number of carbonyl (C=O) groups excluding carboxylic acids is 2. The standard InChI is InChI=1S/C30H39N3O5/c1-20(34)30(3,36-4)26-13-11-22-18-23(10-12-25(22)38-26)27(31)33-29(2)16-14-24(15-17-29)32-28(35)37-19-21-8-6-5-7-9-21/h5-10,12,18,24,26H,11,13-17,19H2,1-4H3,(H2,31,33)(H,32,35)/t24-,26-,29-,30-/m1/s1. The predicted octanol–water partition coefficient (Wildman–Crippen LogP) is 4.92. The third-order valence-electron chi connectivity index (χ3n) is 8.08. The Morgan fingerprint density at radius 3 is 2.50 bits per heavy atom. The molecule has 0 bridgehead atoms. The summed E-state index contributed by atoms with van der Waals surface area (Å²) in [6.45, 7) is 5.69. The van der Waals surface area contributed by atoms with Crippen molar-refractivity contribution in [3.05, 3.63) is 65.2 Å². The third kappa shape index (κ3) is 6.35. The lowest BCUT2D eigenvalue weighted by atomic mass is 9.80. The molecule has 2 aromatic rings. The topological polar surface area (TPSA) is 110 Å². The Kier molecular flexibility index (Phi) is 8.41. The molecule has 204 valence electrons. The van der Waals surface area contributed by atoms with Gasteiger partial charge < -0.3 is 24.8 Å². The number of nitrogens with one attached hydrogen (secondary N) is 3. The van der Waals surface area contributed by atoms with Crippen molar-refractivity contribution in [1.82, 2.24) is 10.6 Å². The summed E-state index contributed by atoms with van der Waals surface area (Å²) in [6.07, 6.45) is 3.95. The molecule has 1 aliphatic carbocycles. The fourth-order valence-corrected chi connectivity index (χ4v) is 5.26. The highest BCUT2D eigenvalue weighted by Gasteiger charge is 2.42. The smallest absolute Gasteiger partial charge is 0.407 e. The van der Waals surface area contributed by atoms with Crippen molar-refractivity contribution < 1.29 is 23.8 Å². The molecule has 3 N–H and O–H groups in total. The van der Waals surface area contributed by atoms with Gasteiger partial charge in [-0.3, -0.25) is 10.2 Å². The van der Waals surface area contributed by atoms with Crippen LogP contribution in [0.5, 0.6) is 5.75 Å². The van der Waals surface area contributed by atoms with Crippen molar-refractivity contribution in [3.8, 4) is 5.75 Å². The first-order valence-electron chi connectivity index (χ1n) is 13.3. The molecule has 0 saturated heterocycles. The third-order valence-corrected chi connectivity index (χ3v) is 8.08. The van der Waals surface area contributed by atoms with Crippen molar-refractivity contribution in [2.75, 3.05) is 7.11 Å². The van der Waals surface area contributed by atoms with E-state index in [1.807, 2.05) is 48.5 Å². The Hall–Kier alpha value is -3.39. The quantitative estimate of drug-likeness (QED) is 0.336. The zero-order valence-electron chi connectivity index (χ0n) is 22.8. The van der Waals surface area contributed by atoms with Gasteiger partial charge in [-0.2, -0.15) is 0 Å². The maximum absolute atomic E-state index is 12.2. The SMILES string of the molecule is CO[C@](C)(C(C)=O)[C@H]1CCc2cc(C(=N)N[C@]3(C)CC[C@@H](NC(=O)OCc4ccccc4)CC3)ccc2O1. The molecule has 8 nitrogen and oxygen atoms in total. The molecule has 38 heavy (non-hydrogen) atoms. The van der Waals surface area contributed by atoms with Gasteiger partial charge in [0.2, 0.25) is 0 Å². The first kappa shape index (κ1) is 27.6. The Balaban J connectivity index is 1.28. The van der Waals surface area contributed by atoms with Crippen molar-refractivity contribution >= 4 is 17.7 Å². The van der Waals surface area contributed by atoms with Crippen molar-refractivity contribution in [2.24, 2.45) is 0 Å². The van der Waals surface area contributed by atoms with Crippen molar-refractivity contribution in [3.63, 3.8) is 0 Å². The molecule has 8 heteroatoms.